The van der Waals surface area contributed by atoms with Crippen molar-refractivity contribution in [3.63, 3.8) is 0 Å². The molecule has 0 unspecified atom stereocenters. The number of hydrogen-bond acceptors (Lipinski definition) is 4. The Kier molecular flexibility index (Phi) is 5.47. The Morgan fingerprint density at radius 3 is 2.17 bits per heavy atom. The van der Waals surface area contributed by atoms with Crippen molar-refractivity contribution in [2.45, 2.75) is 13.8 Å². The Morgan fingerprint density at radius 2 is 1.58 bits per heavy atom. The summed E-state index contributed by atoms with van der Waals surface area (Å²) in [4.78, 5) is 23.7. The van der Waals surface area contributed by atoms with Gasteiger partial charge in [0.2, 0.25) is 0 Å². The molecule has 0 aliphatic carbocycles. The molecule has 0 fully saturated rings. The van der Waals surface area contributed by atoms with E-state index in [2.05, 4.69) is 29.1 Å². The number of benzene rings is 2. The topological polar surface area (TPSA) is 52.6 Å². The van der Waals surface area contributed by atoms with Gasteiger partial charge in [0, 0.05) is 26.9 Å². The molecular weight excluding hydrogens is 396 g/mol. The Labute approximate surface area is 152 Å². The number of carbonyl (C=O) groups excluding carboxylic acids is 2. The minimum absolute atomic E-state index is 0.263. The zero-order chi connectivity index (χ0) is 18.0. The lowest BCUT2D eigenvalue weighted by atomic mass is 10.1. The quantitative estimate of drug-likeness (QED) is 0.395. The minimum atomic E-state index is -0.560. The minimum Gasteiger partial charge on any atom is -0.422 e. The van der Waals surface area contributed by atoms with E-state index >= 15 is 0 Å². The number of rotatable bonds is 4. The molecule has 0 saturated heterocycles. The average molecular weight is 410 g/mol. The van der Waals surface area contributed by atoms with Gasteiger partial charge in [-0.05, 0) is 54.0 Å². The van der Waals surface area contributed by atoms with Gasteiger partial charge >= 0.3 is 11.9 Å². The fourth-order valence-electron chi connectivity index (χ4n) is 1.86. The maximum Gasteiger partial charge on any atom is 0.338 e. The van der Waals surface area contributed by atoms with Crippen molar-refractivity contribution in [2.75, 3.05) is 0 Å². The summed E-state index contributed by atoms with van der Waals surface area (Å²) in [6.07, 6.45) is 0. The predicted molar refractivity (Wildman–Crippen MR) is 97.6 cm³/mol. The summed E-state index contributed by atoms with van der Waals surface area (Å²) < 4.78 is 11.2. The highest BCUT2D eigenvalue weighted by molar-refractivity contribution is 9.10. The summed E-state index contributed by atoms with van der Waals surface area (Å²) in [6.45, 7) is 10.2. The maximum absolute atomic E-state index is 11.9. The standard InChI is InChI=1S/C18H14BrClO4/c1-9(2)17(21)23-15-8-14(19)16(24-18(22)10(3)4)12-6-5-11(20)7-13(12)15/h5-8H,1,3H2,2,4H3. The lowest BCUT2D eigenvalue weighted by molar-refractivity contribution is -0.131. The zero-order valence-corrected chi connectivity index (χ0v) is 15.5. The van der Waals surface area contributed by atoms with Crippen molar-refractivity contribution in [3.05, 3.63) is 58.1 Å². The van der Waals surface area contributed by atoms with Crippen LogP contribution in [0.4, 0.5) is 0 Å². The second kappa shape index (κ2) is 7.20. The van der Waals surface area contributed by atoms with Crippen LogP contribution < -0.4 is 9.47 Å². The second-order valence-corrected chi connectivity index (χ2v) is 6.51. The Bertz CT molecular complexity index is 886. The van der Waals surface area contributed by atoms with E-state index in [1.54, 1.807) is 38.1 Å². The van der Waals surface area contributed by atoms with E-state index in [0.29, 0.717) is 26.0 Å². The van der Waals surface area contributed by atoms with Crippen LogP contribution in [0, 0.1) is 0 Å². The fourth-order valence-corrected chi connectivity index (χ4v) is 2.53. The maximum atomic E-state index is 11.9. The second-order valence-electron chi connectivity index (χ2n) is 5.22. The van der Waals surface area contributed by atoms with Crippen molar-refractivity contribution in [1.29, 1.82) is 0 Å². The molecule has 0 heterocycles. The van der Waals surface area contributed by atoms with Crippen LogP contribution in [0.3, 0.4) is 0 Å². The first kappa shape index (κ1) is 18.2. The van der Waals surface area contributed by atoms with Crippen molar-refractivity contribution in [2.24, 2.45) is 0 Å². The van der Waals surface area contributed by atoms with Crippen molar-refractivity contribution in [3.8, 4) is 11.5 Å². The first-order valence-corrected chi connectivity index (χ1v) is 8.05. The van der Waals surface area contributed by atoms with Gasteiger partial charge < -0.3 is 9.47 Å². The highest BCUT2D eigenvalue weighted by Crippen LogP contribution is 2.41. The van der Waals surface area contributed by atoms with E-state index in [9.17, 15) is 9.59 Å². The third kappa shape index (κ3) is 3.86. The van der Waals surface area contributed by atoms with E-state index < -0.39 is 11.9 Å². The molecular formula is C18H14BrClO4. The molecule has 2 aromatic carbocycles. The molecule has 0 spiro atoms. The molecule has 2 rings (SSSR count). The van der Waals surface area contributed by atoms with Crippen LogP contribution in [-0.4, -0.2) is 11.9 Å². The fraction of sp³-hybridized carbons (Fsp3) is 0.111. The van der Waals surface area contributed by atoms with E-state index in [0.717, 1.165) is 0 Å². The molecule has 6 heteroatoms. The zero-order valence-electron chi connectivity index (χ0n) is 13.1. The Morgan fingerprint density at radius 1 is 1.00 bits per heavy atom. The van der Waals surface area contributed by atoms with Gasteiger partial charge in [0.1, 0.15) is 5.75 Å². The van der Waals surface area contributed by atoms with Gasteiger partial charge in [0.05, 0.1) is 4.47 Å². The van der Waals surface area contributed by atoms with E-state index in [1.807, 2.05) is 0 Å². The van der Waals surface area contributed by atoms with Gasteiger partial charge in [-0.25, -0.2) is 9.59 Å². The van der Waals surface area contributed by atoms with Crippen LogP contribution in [-0.2, 0) is 9.59 Å². The SMILES string of the molecule is C=C(C)C(=O)Oc1cc(Br)c(OC(=O)C(=C)C)c2ccc(Cl)cc12. The summed E-state index contributed by atoms with van der Waals surface area (Å²) >= 11 is 9.38. The molecule has 0 aromatic heterocycles. The molecule has 0 atom stereocenters. The number of fused-ring (bicyclic) bond motifs is 1. The van der Waals surface area contributed by atoms with E-state index in [-0.39, 0.29) is 16.9 Å². The highest BCUT2D eigenvalue weighted by Gasteiger charge is 2.18. The van der Waals surface area contributed by atoms with E-state index in [1.165, 1.54) is 0 Å². The number of ether oxygens (including phenoxy) is 2. The monoisotopic (exact) mass is 408 g/mol. The molecule has 0 N–H and O–H groups in total. The van der Waals surface area contributed by atoms with Crippen LogP contribution in [0.25, 0.3) is 10.8 Å². The Hall–Kier alpha value is -2.11. The van der Waals surface area contributed by atoms with Gasteiger partial charge in [-0.15, -0.1) is 0 Å². The lowest BCUT2D eigenvalue weighted by Crippen LogP contribution is -2.11. The van der Waals surface area contributed by atoms with Crippen LogP contribution in [0.2, 0.25) is 5.02 Å². The highest BCUT2D eigenvalue weighted by atomic mass is 79.9. The molecule has 0 radical (unpaired) electrons. The molecule has 124 valence electrons. The van der Waals surface area contributed by atoms with Crippen molar-refractivity contribution >= 4 is 50.2 Å². The average Bonchev–Trinajstić information content (AvgIpc) is 2.50. The first-order valence-electron chi connectivity index (χ1n) is 6.88. The molecule has 0 aliphatic heterocycles. The van der Waals surface area contributed by atoms with Crippen LogP contribution in [0.15, 0.2) is 53.0 Å². The van der Waals surface area contributed by atoms with Crippen LogP contribution in [0.1, 0.15) is 13.8 Å². The van der Waals surface area contributed by atoms with Gasteiger partial charge in [0.25, 0.3) is 0 Å². The number of carbonyl (C=O) groups is 2. The van der Waals surface area contributed by atoms with Gasteiger partial charge in [-0.2, -0.15) is 0 Å². The predicted octanol–water partition coefficient (Wildman–Crippen LogP) is 5.22. The summed E-state index contributed by atoms with van der Waals surface area (Å²) in [6, 6.07) is 6.50. The Balaban J connectivity index is 2.64. The number of hydrogen-bond donors (Lipinski definition) is 0. The van der Waals surface area contributed by atoms with Crippen molar-refractivity contribution < 1.29 is 19.1 Å². The van der Waals surface area contributed by atoms with Gasteiger partial charge in [-0.1, -0.05) is 24.8 Å². The summed E-state index contributed by atoms with van der Waals surface area (Å²) in [5.41, 5.74) is 0.529. The normalized spacial score (nSPS) is 10.3. The van der Waals surface area contributed by atoms with Gasteiger partial charge in [0.15, 0.2) is 5.75 Å². The number of esters is 2. The summed E-state index contributed by atoms with van der Waals surface area (Å²) in [7, 11) is 0. The molecule has 2 aromatic rings. The van der Waals surface area contributed by atoms with Gasteiger partial charge in [-0.3, -0.25) is 0 Å². The van der Waals surface area contributed by atoms with Crippen LogP contribution in [0.5, 0.6) is 11.5 Å². The molecule has 0 saturated carbocycles. The van der Waals surface area contributed by atoms with E-state index in [4.69, 9.17) is 21.1 Å². The first-order chi connectivity index (χ1) is 11.2. The molecule has 0 bridgehead atoms. The molecule has 4 nitrogen and oxygen atoms in total. The summed E-state index contributed by atoms with van der Waals surface area (Å²) in [5, 5.41) is 1.55. The van der Waals surface area contributed by atoms with Crippen molar-refractivity contribution in [1.82, 2.24) is 0 Å². The molecule has 24 heavy (non-hydrogen) atoms. The van der Waals surface area contributed by atoms with Crippen LogP contribution >= 0.6 is 27.5 Å². The smallest absolute Gasteiger partial charge is 0.338 e. The third-order valence-corrected chi connectivity index (χ3v) is 3.88. The molecule has 0 amide bonds. The lowest BCUT2D eigenvalue weighted by Gasteiger charge is -2.14. The summed E-state index contributed by atoms with van der Waals surface area (Å²) in [5.74, 6) is -0.541. The molecule has 0 aliphatic rings. The third-order valence-electron chi connectivity index (χ3n) is 3.06. The number of halogens is 2. The largest absolute Gasteiger partial charge is 0.422 e.